The summed E-state index contributed by atoms with van der Waals surface area (Å²) < 4.78 is 16.5. The Hall–Kier alpha value is -1.59. The summed E-state index contributed by atoms with van der Waals surface area (Å²) in [5.74, 6) is 0.485. The zero-order valence-electron chi connectivity index (χ0n) is 12.3. The molecule has 1 aromatic carbocycles. The van der Waals surface area contributed by atoms with Crippen LogP contribution in [0.1, 0.15) is 25.7 Å². The van der Waals surface area contributed by atoms with E-state index >= 15 is 0 Å². The second-order valence-electron chi connectivity index (χ2n) is 5.60. The second kappa shape index (κ2) is 6.03. The molecule has 0 aromatic heterocycles. The Bertz CT molecular complexity index is 484. The first kappa shape index (κ1) is 14.4. The largest absolute Gasteiger partial charge is 0.497 e. The number of benzene rings is 1. The minimum atomic E-state index is -0.406. The van der Waals surface area contributed by atoms with Crippen molar-refractivity contribution in [2.45, 2.75) is 31.5 Å². The molecule has 5 nitrogen and oxygen atoms in total. The molecule has 1 aliphatic carbocycles. The lowest BCUT2D eigenvalue weighted by Crippen LogP contribution is -2.38. The molecule has 1 saturated carbocycles. The van der Waals surface area contributed by atoms with Gasteiger partial charge in [-0.1, -0.05) is 0 Å². The van der Waals surface area contributed by atoms with Crippen molar-refractivity contribution >= 4 is 11.6 Å². The van der Waals surface area contributed by atoms with E-state index in [0.717, 1.165) is 37.1 Å². The van der Waals surface area contributed by atoms with Crippen LogP contribution in [0.25, 0.3) is 0 Å². The van der Waals surface area contributed by atoms with Gasteiger partial charge < -0.3 is 19.5 Å². The van der Waals surface area contributed by atoms with E-state index in [1.807, 2.05) is 24.3 Å². The third-order valence-corrected chi connectivity index (χ3v) is 4.29. The maximum atomic E-state index is 12.3. The number of rotatable bonds is 3. The fraction of sp³-hybridized carbons (Fsp3) is 0.562. The van der Waals surface area contributed by atoms with Gasteiger partial charge in [-0.05, 0) is 37.1 Å². The van der Waals surface area contributed by atoms with E-state index in [1.54, 1.807) is 7.11 Å². The predicted octanol–water partition coefficient (Wildman–Crippen LogP) is 2.57. The monoisotopic (exact) mass is 291 g/mol. The van der Waals surface area contributed by atoms with E-state index in [1.165, 1.54) is 0 Å². The molecule has 1 N–H and O–H groups in total. The molecule has 1 amide bonds. The van der Waals surface area contributed by atoms with E-state index in [2.05, 4.69) is 5.32 Å². The molecule has 1 spiro atoms. The van der Waals surface area contributed by atoms with Crippen LogP contribution in [-0.4, -0.2) is 32.0 Å². The number of carbonyl (C=O) groups excluding carboxylic acids is 1. The summed E-state index contributed by atoms with van der Waals surface area (Å²) in [5, 5.41) is 2.97. The van der Waals surface area contributed by atoms with Gasteiger partial charge in [-0.3, -0.25) is 4.79 Å². The number of anilines is 1. The molecule has 1 aromatic rings. The van der Waals surface area contributed by atoms with Gasteiger partial charge in [0, 0.05) is 24.4 Å². The van der Waals surface area contributed by atoms with Crippen LogP contribution in [0.4, 0.5) is 5.69 Å². The molecule has 0 radical (unpaired) electrons. The van der Waals surface area contributed by atoms with Gasteiger partial charge in [-0.15, -0.1) is 0 Å². The number of nitrogens with one attached hydrogen (secondary N) is 1. The van der Waals surface area contributed by atoms with Crippen LogP contribution in [0.15, 0.2) is 24.3 Å². The summed E-state index contributed by atoms with van der Waals surface area (Å²) >= 11 is 0. The summed E-state index contributed by atoms with van der Waals surface area (Å²) in [6.07, 6.45) is 3.21. The number of hydrogen-bond donors (Lipinski definition) is 1. The Morgan fingerprint density at radius 2 is 1.81 bits per heavy atom. The molecule has 0 unspecified atom stereocenters. The third kappa shape index (κ3) is 3.19. The molecule has 0 atom stereocenters. The molecule has 2 fully saturated rings. The van der Waals surface area contributed by atoms with Gasteiger partial charge in [0.2, 0.25) is 5.91 Å². The average Bonchev–Trinajstić information content (AvgIpc) is 2.97. The minimum absolute atomic E-state index is 0.0329. The SMILES string of the molecule is COc1ccc(NC(=O)C2CCC3(CC2)OCCO3)cc1. The quantitative estimate of drug-likeness (QED) is 0.930. The normalized spacial score (nSPS) is 21.4. The average molecular weight is 291 g/mol. The minimum Gasteiger partial charge on any atom is -0.497 e. The number of ether oxygens (including phenoxy) is 3. The summed E-state index contributed by atoms with van der Waals surface area (Å²) in [4.78, 5) is 12.3. The van der Waals surface area contributed by atoms with Crippen molar-refractivity contribution in [3.8, 4) is 5.75 Å². The number of carbonyl (C=O) groups is 1. The van der Waals surface area contributed by atoms with Crippen LogP contribution in [0.2, 0.25) is 0 Å². The highest BCUT2D eigenvalue weighted by atomic mass is 16.7. The van der Waals surface area contributed by atoms with Gasteiger partial charge in [0.05, 0.1) is 20.3 Å². The second-order valence-corrected chi connectivity index (χ2v) is 5.60. The Morgan fingerprint density at radius 3 is 2.38 bits per heavy atom. The van der Waals surface area contributed by atoms with Crippen LogP contribution >= 0.6 is 0 Å². The molecule has 3 rings (SSSR count). The number of hydrogen-bond acceptors (Lipinski definition) is 4. The zero-order valence-corrected chi connectivity index (χ0v) is 12.3. The maximum absolute atomic E-state index is 12.3. The van der Waals surface area contributed by atoms with E-state index < -0.39 is 5.79 Å². The van der Waals surface area contributed by atoms with E-state index in [4.69, 9.17) is 14.2 Å². The van der Waals surface area contributed by atoms with Gasteiger partial charge in [0.25, 0.3) is 0 Å². The van der Waals surface area contributed by atoms with Gasteiger partial charge >= 0.3 is 0 Å². The summed E-state index contributed by atoms with van der Waals surface area (Å²) in [6.45, 7) is 1.34. The van der Waals surface area contributed by atoms with Crippen LogP contribution in [0, 0.1) is 5.92 Å². The third-order valence-electron chi connectivity index (χ3n) is 4.29. The zero-order chi connectivity index (χ0) is 14.7. The molecule has 5 heteroatoms. The van der Waals surface area contributed by atoms with Crippen molar-refractivity contribution in [2.75, 3.05) is 25.6 Å². The molecule has 1 heterocycles. The smallest absolute Gasteiger partial charge is 0.227 e. The van der Waals surface area contributed by atoms with Crippen LogP contribution < -0.4 is 10.1 Å². The molecule has 1 saturated heterocycles. The van der Waals surface area contributed by atoms with Gasteiger partial charge in [-0.25, -0.2) is 0 Å². The van der Waals surface area contributed by atoms with E-state index in [-0.39, 0.29) is 11.8 Å². The van der Waals surface area contributed by atoms with Crippen molar-refractivity contribution in [3.05, 3.63) is 24.3 Å². The molecular weight excluding hydrogens is 270 g/mol. The summed E-state index contributed by atoms with van der Waals surface area (Å²) in [7, 11) is 1.62. The lowest BCUT2D eigenvalue weighted by Gasteiger charge is -2.34. The molecule has 0 bridgehead atoms. The number of methoxy groups -OCH3 is 1. The first-order valence-electron chi connectivity index (χ1n) is 7.44. The van der Waals surface area contributed by atoms with Crippen LogP contribution in [0.5, 0.6) is 5.75 Å². The number of amides is 1. The molecular formula is C16H21NO4. The first-order valence-corrected chi connectivity index (χ1v) is 7.44. The fourth-order valence-electron chi connectivity index (χ4n) is 3.02. The standard InChI is InChI=1S/C16H21NO4/c1-19-14-4-2-13(3-5-14)17-15(18)12-6-8-16(9-7-12)20-10-11-21-16/h2-5,12H,6-11H2,1H3,(H,17,18). The molecule has 21 heavy (non-hydrogen) atoms. The molecule has 114 valence electrons. The fourth-order valence-corrected chi connectivity index (χ4v) is 3.02. The van der Waals surface area contributed by atoms with Gasteiger partial charge in [-0.2, -0.15) is 0 Å². The van der Waals surface area contributed by atoms with Crippen LogP contribution in [0.3, 0.4) is 0 Å². The van der Waals surface area contributed by atoms with Crippen molar-refractivity contribution in [2.24, 2.45) is 5.92 Å². The maximum Gasteiger partial charge on any atom is 0.227 e. The van der Waals surface area contributed by atoms with Crippen molar-refractivity contribution in [1.82, 2.24) is 0 Å². The van der Waals surface area contributed by atoms with Gasteiger partial charge in [0.15, 0.2) is 5.79 Å². The summed E-state index contributed by atoms with van der Waals surface area (Å²) in [6, 6.07) is 7.38. The highest BCUT2D eigenvalue weighted by Crippen LogP contribution is 2.38. The lowest BCUT2D eigenvalue weighted by molar-refractivity contribution is -0.182. The van der Waals surface area contributed by atoms with Gasteiger partial charge in [0.1, 0.15) is 5.75 Å². The van der Waals surface area contributed by atoms with Crippen molar-refractivity contribution < 1.29 is 19.0 Å². The first-order chi connectivity index (χ1) is 10.2. The summed E-state index contributed by atoms with van der Waals surface area (Å²) in [5.41, 5.74) is 0.800. The van der Waals surface area contributed by atoms with Crippen molar-refractivity contribution in [1.29, 1.82) is 0 Å². The van der Waals surface area contributed by atoms with E-state index in [9.17, 15) is 4.79 Å². The topological polar surface area (TPSA) is 56.8 Å². The molecule has 2 aliphatic rings. The van der Waals surface area contributed by atoms with E-state index in [0.29, 0.717) is 13.2 Å². The van der Waals surface area contributed by atoms with Crippen LogP contribution in [-0.2, 0) is 14.3 Å². The Kier molecular flexibility index (Phi) is 4.12. The molecule has 1 aliphatic heterocycles. The Labute approximate surface area is 124 Å². The lowest BCUT2D eigenvalue weighted by atomic mass is 9.84. The predicted molar refractivity (Wildman–Crippen MR) is 78.2 cm³/mol. The van der Waals surface area contributed by atoms with Crippen molar-refractivity contribution in [3.63, 3.8) is 0 Å². The Morgan fingerprint density at radius 1 is 1.19 bits per heavy atom. The highest BCUT2D eigenvalue weighted by Gasteiger charge is 2.41. The highest BCUT2D eigenvalue weighted by molar-refractivity contribution is 5.92. The Balaban J connectivity index is 1.54.